The summed E-state index contributed by atoms with van der Waals surface area (Å²) in [6, 6.07) is 9.97. The number of rotatable bonds is 0. The smallest absolute Gasteiger partial charge is 0.137 e. The Morgan fingerprint density at radius 3 is 2.19 bits per heavy atom. The predicted molar refractivity (Wildman–Crippen MR) is 72.0 cm³/mol. The van der Waals surface area contributed by atoms with Gasteiger partial charge in [-0.3, -0.25) is 0 Å². The molecule has 0 unspecified atom stereocenters. The van der Waals surface area contributed by atoms with E-state index in [1.807, 2.05) is 24.3 Å². The summed E-state index contributed by atoms with van der Waals surface area (Å²) in [5.41, 5.74) is 1.31. The molecule has 0 atom stereocenters. The number of benzene rings is 2. The van der Waals surface area contributed by atoms with Gasteiger partial charge in [-0.2, -0.15) is 0 Å². The summed E-state index contributed by atoms with van der Waals surface area (Å²) in [7, 11) is 0. The summed E-state index contributed by atoms with van der Waals surface area (Å²) in [5.74, 6) is 0.323. The highest BCUT2D eigenvalue weighted by molar-refractivity contribution is 9.10. The molecule has 84 valence electrons. The monoisotopic (exact) mass is 278 g/mol. The first kappa shape index (κ1) is 11.5. The second kappa shape index (κ2) is 3.77. The zero-order valence-electron chi connectivity index (χ0n) is 9.71. The van der Waals surface area contributed by atoms with E-state index in [0.29, 0.717) is 5.75 Å². The molecule has 0 saturated heterocycles. The van der Waals surface area contributed by atoms with E-state index in [4.69, 9.17) is 0 Å². The van der Waals surface area contributed by atoms with E-state index < -0.39 is 0 Å². The molecule has 0 bridgehead atoms. The van der Waals surface area contributed by atoms with E-state index in [-0.39, 0.29) is 5.41 Å². The van der Waals surface area contributed by atoms with Crippen molar-refractivity contribution in [2.75, 3.05) is 0 Å². The standard InChI is InChI=1S/C14H15BrO/c1-14(2,3)11-8-12(15)13(16)10-7-5-4-6-9(10)11/h4-8,16H,1-3H3. The minimum Gasteiger partial charge on any atom is -0.506 e. The van der Waals surface area contributed by atoms with E-state index in [1.54, 1.807) is 0 Å². The first-order valence-electron chi connectivity index (χ1n) is 5.32. The molecule has 0 spiro atoms. The summed E-state index contributed by atoms with van der Waals surface area (Å²) in [6.07, 6.45) is 0. The number of halogens is 1. The molecule has 0 heterocycles. The van der Waals surface area contributed by atoms with Crippen LogP contribution in [-0.2, 0) is 5.41 Å². The Hall–Kier alpha value is -1.02. The van der Waals surface area contributed by atoms with Crippen molar-refractivity contribution in [3.05, 3.63) is 40.4 Å². The molecule has 2 aromatic rings. The second-order valence-electron chi connectivity index (χ2n) is 5.05. The summed E-state index contributed by atoms with van der Waals surface area (Å²) in [6.45, 7) is 6.54. The topological polar surface area (TPSA) is 20.2 Å². The van der Waals surface area contributed by atoms with E-state index in [2.05, 4.69) is 42.8 Å². The van der Waals surface area contributed by atoms with Crippen molar-refractivity contribution in [1.82, 2.24) is 0 Å². The molecule has 0 fully saturated rings. The maximum Gasteiger partial charge on any atom is 0.137 e. The molecule has 0 aliphatic heterocycles. The Morgan fingerprint density at radius 1 is 1.06 bits per heavy atom. The van der Waals surface area contributed by atoms with Gasteiger partial charge in [0, 0.05) is 5.39 Å². The van der Waals surface area contributed by atoms with Crippen LogP contribution in [0, 0.1) is 0 Å². The van der Waals surface area contributed by atoms with Crippen LogP contribution >= 0.6 is 15.9 Å². The number of phenolic OH excluding ortho intramolecular Hbond substituents is 1. The zero-order chi connectivity index (χ0) is 11.9. The number of aromatic hydroxyl groups is 1. The molecule has 1 N–H and O–H groups in total. The summed E-state index contributed by atoms with van der Waals surface area (Å²) < 4.78 is 0.760. The molecule has 0 radical (unpaired) electrons. The van der Waals surface area contributed by atoms with Crippen molar-refractivity contribution < 1.29 is 5.11 Å². The normalized spacial score (nSPS) is 12.0. The first-order valence-corrected chi connectivity index (χ1v) is 6.11. The molecule has 0 aliphatic rings. The van der Waals surface area contributed by atoms with Gasteiger partial charge in [0.2, 0.25) is 0 Å². The van der Waals surface area contributed by atoms with Crippen LogP contribution in [0.4, 0.5) is 0 Å². The van der Waals surface area contributed by atoms with E-state index in [0.717, 1.165) is 15.2 Å². The number of hydrogen-bond donors (Lipinski definition) is 1. The van der Waals surface area contributed by atoms with Gasteiger partial charge < -0.3 is 5.11 Å². The van der Waals surface area contributed by atoms with Crippen molar-refractivity contribution in [3.63, 3.8) is 0 Å². The van der Waals surface area contributed by atoms with Gasteiger partial charge in [0.25, 0.3) is 0 Å². The van der Waals surface area contributed by atoms with Crippen molar-refractivity contribution in [2.24, 2.45) is 0 Å². The fourth-order valence-electron chi connectivity index (χ4n) is 1.95. The van der Waals surface area contributed by atoms with Crippen molar-refractivity contribution >= 4 is 26.7 Å². The molecule has 1 nitrogen and oxygen atoms in total. The third kappa shape index (κ3) is 1.82. The molecule has 0 aromatic heterocycles. The van der Waals surface area contributed by atoms with Crippen LogP contribution in [0.2, 0.25) is 0 Å². The van der Waals surface area contributed by atoms with Crippen LogP contribution in [0.15, 0.2) is 34.8 Å². The average Bonchev–Trinajstić information content (AvgIpc) is 2.22. The van der Waals surface area contributed by atoms with E-state index in [1.165, 1.54) is 5.56 Å². The minimum atomic E-state index is 0.0653. The van der Waals surface area contributed by atoms with Crippen LogP contribution < -0.4 is 0 Å². The molecule has 0 amide bonds. The van der Waals surface area contributed by atoms with E-state index >= 15 is 0 Å². The van der Waals surface area contributed by atoms with Crippen molar-refractivity contribution in [2.45, 2.75) is 26.2 Å². The van der Waals surface area contributed by atoms with Crippen LogP contribution in [0.1, 0.15) is 26.3 Å². The Kier molecular flexibility index (Phi) is 2.70. The third-order valence-corrected chi connectivity index (χ3v) is 3.38. The van der Waals surface area contributed by atoms with Gasteiger partial charge in [-0.1, -0.05) is 45.0 Å². The highest BCUT2D eigenvalue weighted by Crippen LogP contribution is 2.39. The molecule has 2 heteroatoms. The molecule has 0 saturated carbocycles. The highest BCUT2D eigenvalue weighted by atomic mass is 79.9. The second-order valence-corrected chi connectivity index (χ2v) is 5.90. The highest BCUT2D eigenvalue weighted by Gasteiger charge is 2.19. The summed E-state index contributed by atoms with van der Waals surface area (Å²) in [5, 5.41) is 12.0. The van der Waals surface area contributed by atoms with Gasteiger partial charge in [0.05, 0.1) is 4.47 Å². The molecular formula is C14H15BrO. The maximum atomic E-state index is 10.0. The van der Waals surface area contributed by atoms with Crippen LogP contribution in [0.25, 0.3) is 10.8 Å². The van der Waals surface area contributed by atoms with Gasteiger partial charge in [0.15, 0.2) is 0 Å². The Labute approximate surface area is 104 Å². The number of fused-ring (bicyclic) bond motifs is 1. The first-order chi connectivity index (χ1) is 7.41. The van der Waals surface area contributed by atoms with Gasteiger partial charge in [-0.15, -0.1) is 0 Å². The van der Waals surface area contributed by atoms with Crippen molar-refractivity contribution in [3.8, 4) is 5.75 Å². The SMILES string of the molecule is CC(C)(C)c1cc(Br)c(O)c2ccccc12. The zero-order valence-corrected chi connectivity index (χ0v) is 11.3. The molecule has 2 rings (SSSR count). The van der Waals surface area contributed by atoms with Crippen molar-refractivity contribution in [1.29, 1.82) is 0 Å². The molecule has 2 aromatic carbocycles. The van der Waals surface area contributed by atoms with Gasteiger partial charge in [0.1, 0.15) is 5.75 Å². The minimum absolute atomic E-state index is 0.0653. The third-order valence-electron chi connectivity index (χ3n) is 2.78. The summed E-state index contributed by atoms with van der Waals surface area (Å²) in [4.78, 5) is 0. The van der Waals surface area contributed by atoms with Gasteiger partial charge in [-0.05, 0) is 38.4 Å². The lowest BCUT2D eigenvalue weighted by atomic mass is 9.83. The molecule has 0 aliphatic carbocycles. The lowest BCUT2D eigenvalue weighted by molar-refractivity contribution is 0.477. The summed E-state index contributed by atoms with van der Waals surface area (Å²) >= 11 is 3.41. The lowest BCUT2D eigenvalue weighted by Crippen LogP contribution is -2.11. The Balaban J connectivity index is 2.91. The van der Waals surface area contributed by atoms with Crippen LogP contribution in [0.5, 0.6) is 5.75 Å². The largest absolute Gasteiger partial charge is 0.506 e. The van der Waals surface area contributed by atoms with Gasteiger partial charge >= 0.3 is 0 Å². The quantitative estimate of drug-likeness (QED) is 0.746. The van der Waals surface area contributed by atoms with Crippen LogP contribution in [0.3, 0.4) is 0 Å². The van der Waals surface area contributed by atoms with Crippen LogP contribution in [-0.4, -0.2) is 5.11 Å². The fraction of sp³-hybridized carbons (Fsp3) is 0.286. The Morgan fingerprint density at radius 2 is 1.62 bits per heavy atom. The fourth-order valence-corrected chi connectivity index (χ4v) is 2.39. The maximum absolute atomic E-state index is 10.0. The lowest BCUT2D eigenvalue weighted by Gasteiger charge is -2.22. The Bertz CT molecular complexity index is 538. The number of phenols is 1. The van der Waals surface area contributed by atoms with E-state index in [9.17, 15) is 5.11 Å². The molecular weight excluding hydrogens is 264 g/mol. The van der Waals surface area contributed by atoms with Gasteiger partial charge in [-0.25, -0.2) is 0 Å². The number of hydrogen-bond acceptors (Lipinski definition) is 1. The molecule has 16 heavy (non-hydrogen) atoms. The predicted octanol–water partition coefficient (Wildman–Crippen LogP) is 4.61. The average molecular weight is 279 g/mol.